The first-order valence-corrected chi connectivity index (χ1v) is 4.84. The number of hydrogen-bond acceptors (Lipinski definition) is 2. The Balaban J connectivity index is 2.40. The van der Waals surface area contributed by atoms with Gasteiger partial charge in [0.1, 0.15) is 17.3 Å². The molecule has 1 heterocycles. The van der Waals surface area contributed by atoms with Crippen LogP contribution >= 0.6 is 0 Å². The van der Waals surface area contributed by atoms with Crippen LogP contribution in [0.5, 0.6) is 0 Å². The number of carbonyl (C=O) groups excluding carboxylic acids is 1. The highest BCUT2D eigenvalue weighted by atomic mass is 19.1. The molecule has 0 atom stereocenters. The van der Waals surface area contributed by atoms with E-state index < -0.39 is 17.6 Å². The fraction of sp³-hybridized carbons (Fsp3) is 0.0833. The van der Waals surface area contributed by atoms with Crippen LogP contribution < -0.4 is 0 Å². The molecule has 1 aromatic carbocycles. The summed E-state index contributed by atoms with van der Waals surface area (Å²) in [5.74, 6) is -1.87. The molecule has 0 spiro atoms. The van der Waals surface area contributed by atoms with Crippen molar-refractivity contribution in [2.75, 3.05) is 7.11 Å². The van der Waals surface area contributed by atoms with Gasteiger partial charge in [0.25, 0.3) is 0 Å². The monoisotopic (exact) mass is 237 g/mol. The van der Waals surface area contributed by atoms with E-state index in [1.807, 2.05) is 0 Å². The van der Waals surface area contributed by atoms with Crippen molar-refractivity contribution in [1.29, 1.82) is 0 Å². The molecule has 88 valence electrons. The first-order chi connectivity index (χ1) is 8.11. The van der Waals surface area contributed by atoms with E-state index in [4.69, 9.17) is 0 Å². The summed E-state index contributed by atoms with van der Waals surface area (Å²) >= 11 is 0. The van der Waals surface area contributed by atoms with E-state index in [1.165, 1.54) is 25.4 Å². The molecule has 0 radical (unpaired) electrons. The number of carbonyl (C=O) groups is 1. The van der Waals surface area contributed by atoms with Gasteiger partial charge in [0.2, 0.25) is 0 Å². The molecule has 1 N–H and O–H groups in total. The Morgan fingerprint density at radius 3 is 2.71 bits per heavy atom. The standard InChI is InChI=1S/C12H9F2NO2/c1-17-12(16)11-4-7(6-15-11)9-3-2-8(13)5-10(9)14/h2-6,15H,1H3. The van der Waals surface area contributed by atoms with Crippen molar-refractivity contribution in [2.24, 2.45) is 0 Å². The smallest absolute Gasteiger partial charge is 0.354 e. The van der Waals surface area contributed by atoms with Gasteiger partial charge < -0.3 is 9.72 Å². The Morgan fingerprint density at radius 1 is 1.29 bits per heavy atom. The zero-order valence-electron chi connectivity index (χ0n) is 8.96. The lowest BCUT2D eigenvalue weighted by Gasteiger charge is -1.99. The summed E-state index contributed by atoms with van der Waals surface area (Å²) in [6, 6.07) is 4.71. The number of rotatable bonds is 2. The first-order valence-electron chi connectivity index (χ1n) is 4.84. The maximum atomic E-state index is 13.5. The average molecular weight is 237 g/mol. The van der Waals surface area contributed by atoms with Crippen LogP contribution in [-0.2, 0) is 4.74 Å². The molecular formula is C12H9F2NO2. The maximum absolute atomic E-state index is 13.5. The van der Waals surface area contributed by atoms with Crippen LogP contribution in [0.1, 0.15) is 10.5 Å². The van der Waals surface area contributed by atoms with E-state index in [0.717, 1.165) is 12.1 Å². The molecule has 0 saturated carbocycles. The van der Waals surface area contributed by atoms with Crippen molar-refractivity contribution < 1.29 is 18.3 Å². The second kappa shape index (κ2) is 4.37. The highest BCUT2D eigenvalue weighted by molar-refractivity contribution is 5.89. The van der Waals surface area contributed by atoms with E-state index in [9.17, 15) is 13.6 Å². The van der Waals surface area contributed by atoms with Crippen molar-refractivity contribution in [3.63, 3.8) is 0 Å². The minimum atomic E-state index is -0.680. The van der Waals surface area contributed by atoms with Crippen molar-refractivity contribution in [3.05, 3.63) is 47.8 Å². The fourth-order valence-electron chi connectivity index (χ4n) is 1.50. The van der Waals surface area contributed by atoms with E-state index >= 15 is 0 Å². The summed E-state index contributed by atoms with van der Waals surface area (Å²) < 4.78 is 30.7. The zero-order chi connectivity index (χ0) is 12.4. The normalized spacial score (nSPS) is 10.3. The number of methoxy groups -OCH3 is 1. The maximum Gasteiger partial charge on any atom is 0.354 e. The average Bonchev–Trinajstić information content (AvgIpc) is 2.77. The molecule has 0 aliphatic carbocycles. The van der Waals surface area contributed by atoms with Gasteiger partial charge in [-0.15, -0.1) is 0 Å². The number of esters is 1. The number of H-pyrrole nitrogens is 1. The van der Waals surface area contributed by atoms with Crippen LogP contribution in [-0.4, -0.2) is 18.1 Å². The SMILES string of the molecule is COC(=O)c1cc(-c2ccc(F)cc2F)c[nH]1. The third-order valence-corrected chi connectivity index (χ3v) is 2.33. The first kappa shape index (κ1) is 11.3. The van der Waals surface area contributed by atoms with Crippen LogP contribution in [0.15, 0.2) is 30.5 Å². The molecule has 0 aliphatic rings. The molecule has 0 aliphatic heterocycles. The quantitative estimate of drug-likeness (QED) is 0.816. The molecule has 2 aromatic rings. The minimum Gasteiger partial charge on any atom is -0.464 e. The summed E-state index contributed by atoms with van der Waals surface area (Å²) in [5, 5.41) is 0. The van der Waals surface area contributed by atoms with E-state index in [1.54, 1.807) is 0 Å². The Labute approximate surface area is 96.0 Å². The molecular weight excluding hydrogens is 228 g/mol. The third kappa shape index (κ3) is 2.18. The van der Waals surface area contributed by atoms with Crippen molar-refractivity contribution in [2.45, 2.75) is 0 Å². The Morgan fingerprint density at radius 2 is 2.06 bits per heavy atom. The van der Waals surface area contributed by atoms with Gasteiger partial charge in [-0.05, 0) is 18.2 Å². The highest BCUT2D eigenvalue weighted by Gasteiger charge is 2.12. The Kier molecular flexibility index (Phi) is 2.91. The molecule has 3 nitrogen and oxygen atoms in total. The lowest BCUT2D eigenvalue weighted by Crippen LogP contribution is -2.00. The topological polar surface area (TPSA) is 42.1 Å². The largest absolute Gasteiger partial charge is 0.464 e. The number of aromatic amines is 1. The van der Waals surface area contributed by atoms with Gasteiger partial charge in [0.15, 0.2) is 0 Å². The summed E-state index contributed by atoms with van der Waals surface area (Å²) in [5.41, 5.74) is 0.895. The van der Waals surface area contributed by atoms with Crippen LogP contribution in [0.25, 0.3) is 11.1 Å². The Bertz CT molecular complexity index is 563. The van der Waals surface area contributed by atoms with E-state index in [2.05, 4.69) is 9.72 Å². The number of nitrogens with one attached hydrogen (secondary N) is 1. The third-order valence-electron chi connectivity index (χ3n) is 2.33. The van der Waals surface area contributed by atoms with E-state index in [-0.39, 0.29) is 11.3 Å². The number of hydrogen-bond donors (Lipinski definition) is 1. The highest BCUT2D eigenvalue weighted by Crippen LogP contribution is 2.24. The summed E-state index contributed by atoms with van der Waals surface area (Å²) in [4.78, 5) is 13.9. The predicted octanol–water partition coefficient (Wildman–Crippen LogP) is 2.75. The predicted molar refractivity (Wildman–Crippen MR) is 57.5 cm³/mol. The van der Waals surface area contributed by atoms with Crippen LogP contribution in [0.2, 0.25) is 0 Å². The molecule has 17 heavy (non-hydrogen) atoms. The summed E-state index contributed by atoms with van der Waals surface area (Å²) in [6.07, 6.45) is 1.46. The van der Waals surface area contributed by atoms with Crippen LogP contribution in [0.4, 0.5) is 8.78 Å². The van der Waals surface area contributed by atoms with Crippen molar-refractivity contribution >= 4 is 5.97 Å². The van der Waals surface area contributed by atoms with Crippen molar-refractivity contribution in [3.8, 4) is 11.1 Å². The lowest BCUT2D eigenvalue weighted by molar-refractivity contribution is 0.0595. The molecule has 0 saturated heterocycles. The lowest BCUT2D eigenvalue weighted by atomic mass is 10.1. The van der Waals surface area contributed by atoms with Crippen LogP contribution in [0, 0.1) is 11.6 Å². The van der Waals surface area contributed by atoms with E-state index in [0.29, 0.717) is 5.56 Å². The van der Waals surface area contributed by atoms with Gasteiger partial charge in [0.05, 0.1) is 7.11 Å². The zero-order valence-corrected chi connectivity index (χ0v) is 8.96. The number of halogens is 2. The van der Waals surface area contributed by atoms with Gasteiger partial charge in [-0.25, -0.2) is 13.6 Å². The summed E-state index contributed by atoms with van der Waals surface area (Å²) in [6.45, 7) is 0. The molecule has 1 aromatic heterocycles. The molecule has 0 fully saturated rings. The molecule has 5 heteroatoms. The molecule has 0 bridgehead atoms. The van der Waals surface area contributed by atoms with Crippen molar-refractivity contribution in [1.82, 2.24) is 4.98 Å². The molecule has 2 rings (SSSR count). The van der Waals surface area contributed by atoms with Gasteiger partial charge in [0, 0.05) is 23.4 Å². The number of aromatic nitrogens is 1. The van der Waals surface area contributed by atoms with Gasteiger partial charge in [-0.1, -0.05) is 0 Å². The number of benzene rings is 1. The number of ether oxygens (including phenoxy) is 1. The molecule has 0 unspecified atom stereocenters. The second-order valence-corrected chi connectivity index (χ2v) is 3.42. The Hall–Kier alpha value is -2.17. The second-order valence-electron chi connectivity index (χ2n) is 3.42. The van der Waals surface area contributed by atoms with Crippen LogP contribution in [0.3, 0.4) is 0 Å². The molecule has 0 amide bonds. The minimum absolute atomic E-state index is 0.214. The van der Waals surface area contributed by atoms with Gasteiger partial charge in [-0.2, -0.15) is 0 Å². The van der Waals surface area contributed by atoms with Gasteiger partial charge in [-0.3, -0.25) is 0 Å². The van der Waals surface area contributed by atoms with Gasteiger partial charge >= 0.3 is 5.97 Å². The summed E-state index contributed by atoms with van der Waals surface area (Å²) in [7, 11) is 1.25. The fourth-order valence-corrected chi connectivity index (χ4v) is 1.50.